The molecule has 4 heterocycles. The second-order valence-electron chi connectivity index (χ2n) is 8.38. The highest BCUT2D eigenvalue weighted by Gasteiger charge is 2.18. The summed E-state index contributed by atoms with van der Waals surface area (Å²) in [6, 6.07) is 8.34. The van der Waals surface area contributed by atoms with Crippen molar-refractivity contribution < 1.29 is 9.53 Å². The highest BCUT2D eigenvalue weighted by atomic mass is 16.5. The van der Waals surface area contributed by atoms with Crippen molar-refractivity contribution in [2.75, 3.05) is 54.9 Å². The third kappa shape index (κ3) is 4.39. The molecule has 1 aromatic carbocycles. The molecule has 1 atom stereocenters. The molecule has 9 nitrogen and oxygen atoms in total. The van der Waals surface area contributed by atoms with Gasteiger partial charge < -0.3 is 25.6 Å². The number of hydrogen-bond donors (Lipinski definition) is 3. The van der Waals surface area contributed by atoms with Crippen molar-refractivity contribution in [3.63, 3.8) is 0 Å². The van der Waals surface area contributed by atoms with Crippen LogP contribution in [0.15, 0.2) is 36.7 Å². The predicted octanol–water partition coefficient (Wildman–Crippen LogP) is 2.29. The molecular weight excluding hydrogens is 406 g/mol. The van der Waals surface area contributed by atoms with Crippen molar-refractivity contribution >= 4 is 28.7 Å². The number of hydrogen-bond acceptors (Lipinski definition) is 7. The number of ether oxygens (including phenoxy) is 1. The molecule has 2 aliphatic heterocycles. The molecule has 0 spiro atoms. The number of aromatic nitrogens is 3. The van der Waals surface area contributed by atoms with Gasteiger partial charge in [-0.1, -0.05) is 0 Å². The van der Waals surface area contributed by atoms with Gasteiger partial charge in [0.2, 0.25) is 0 Å². The number of fused-ring (bicyclic) bond motifs is 1. The Bertz CT molecular complexity index is 1100. The third-order valence-corrected chi connectivity index (χ3v) is 6.10. The summed E-state index contributed by atoms with van der Waals surface area (Å²) in [5.74, 6) is 0.540. The number of nitrogens with one attached hydrogen (secondary N) is 3. The average molecular weight is 436 g/mol. The smallest absolute Gasteiger partial charge is 0.261 e. The number of nitrogens with zero attached hydrogens (tertiary/aromatic N) is 4. The second kappa shape index (κ2) is 9.13. The van der Waals surface area contributed by atoms with Gasteiger partial charge in [-0.3, -0.25) is 4.79 Å². The summed E-state index contributed by atoms with van der Waals surface area (Å²) in [4.78, 5) is 20.0. The summed E-state index contributed by atoms with van der Waals surface area (Å²) in [5.41, 5.74) is 3.94. The molecule has 3 aromatic rings. The van der Waals surface area contributed by atoms with Crippen LogP contribution < -0.4 is 20.9 Å². The van der Waals surface area contributed by atoms with Gasteiger partial charge in [0.15, 0.2) is 5.65 Å². The number of piperidine rings is 1. The molecule has 2 aliphatic rings. The normalized spacial score (nSPS) is 19.2. The maximum Gasteiger partial charge on any atom is 0.261 e. The number of benzene rings is 1. The molecule has 32 heavy (non-hydrogen) atoms. The highest BCUT2D eigenvalue weighted by molar-refractivity contribution is 6.08. The van der Waals surface area contributed by atoms with E-state index in [4.69, 9.17) is 4.74 Å². The lowest BCUT2D eigenvalue weighted by atomic mass is 10.1. The molecule has 9 heteroatoms. The van der Waals surface area contributed by atoms with Crippen LogP contribution in [0.25, 0.3) is 5.65 Å². The fraction of sp³-hybridized carbons (Fsp3) is 0.435. The molecule has 2 fully saturated rings. The lowest BCUT2D eigenvalue weighted by Crippen LogP contribution is -2.38. The van der Waals surface area contributed by atoms with E-state index in [1.807, 2.05) is 31.3 Å². The summed E-state index contributed by atoms with van der Waals surface area (Å²) in [7, 11) is 0. The van der Waals surface area contributed by atoms with Gasteiger partial charge >= 0.3 is 0 Å². The zero-order chi connectivity index (χ0) is 21.9. The van der Waals surface area contributed by atoms with E-state index in [0.29, 0.717) is 17.3 Å². The molecule has 1 amide bonds. The number of amides is 1. The van der Waals surface area contributed by atoms with Crippen LogP contribution in [-0.2, 0) is 4.74 Å². The molecule has 0 bridgehead atoms. The number of carbonyl (C=O) groups excluding carboxylic acids is 1. The highest BCUT2D eigenvalue weighted by Crippen LogP contribution is 2.24. The van der Waals surface area contributed by atoms with Gasteiger partial charge in [-0.25, -0.2) is 9.50 Å². The lowest BCUT2D eigenvalue weighted by molar-refractivity contribution is 0.102. The van der Waals surface area contributed by atoms with Crippen molar-refractivity contribution in [3.8, 4) is 0 Å². The van der Waals surface area contributed by atoms with Crippen molar-refractivity contribution in [2.24, 2.45) is 0 Å². The summed E-state index contributed by atoms with van der Waals surface area (Å²) in [5, 5.41) is 14.2. The van der Waals surface area contributed by atoms with E-state index >= 15 is 0 Å². The molecule has 2 aromatic heterocycles. The molecule has 0 saturated carbocycles. The second-order valence-corrected chi connectivity index (χ2v) is 8.38. The Kier molecular flexibility index (Phi) is 5.91. The number of morpholine rings is 1. The number of anilines is 3. The molecule has 0 aliphatic carbocycles. The van der Waals surface area contributed by atoms with E-state index in [2.05, 4.69) is 37.0 Å². The van der Waals surface area contributed by atoms with Crippen LogP contribution >= 0.6 is 0 Å². The molecule has 5 rings (SSSR count). The van der Waals surface area contributed by atoms with Gasteiger partial charge in [0.25, 0.3) is 5.91 Å². The zero-order valence-corrected chi connectivity index (χ0v) is 18.3. The van der Waals surface area contributed by atoms with Crippen LogP contribution in [0.4, 0.5) is 17.2 Å². The van der Waals surface area contributed by atoms with Crippen LogP contribution in [-0.4, -0.2) is 65.9 Å². The predicted molar refractivity (Wildman–Crippen MR) is 125 cm³/mol. The van der Waals surface area contributed by atoms with Gasteiger partial charge in [0, 0.05) is 43.2 Å². The molecule has 2 saturated heterocycles. The standard InChI is InChI=1S/C23H29N7O2/c1-16-13-18(29-9-11-32-12-10-29)4-5-20(16)27-23(31)19-15-25-30-8-6-21(28-22(19)30)26-17-3-2-7-24-14-17/h4-6,8,13,15,17,24H,2-3,7,9-12,14H2,1H3,(H,26,28)(H,27,31)/t17-/m1/s1. The SMILES string of the molecule is Cc1cc(N2CCOCC2)ccc1NC(=O)c1cnn2ccc(N[C@@H]3CCCNC3)nc12. The first-order valence-corrected chi connectivity index (χ1v) is 11.2. The van der Waals surface area contributed by atoms with Crippen LogP contribution in [0.5, 0.6) is 0 Å². The summed E-state index contributed by atoms with van der Waals surface area (Å²) in [6.07, 6.45) is 5.65. The minimum Gasteiger partial charge on any atom is -0.378 e. The first-order valence-electron chi connectivity index (χ1n) is 11.2. The van der Waals surface area contributed by atoms with Crippen LogP contribution in [0, 0.1) is 6.92 Å². The fourth-order valence-electron chi connectivity index (χ4n) is 4.29. The van der Waals surface area contributed by atoms with Crippen molar-refractivity contribution in [2.45, 2.75) is 25.8 Å². The Hall–Kier alpha value is -3.17. The Morgan fingerprint density at radius 2 is 2.12 bits per heavy atom. The first kappa shape index (κ1) is 20.7. The number of carbonyl (C=O) groups is 1. The van der Waals surface area contributed by atoms with Gasteiger partial charge in [-0.15, -0.1) is 0 Å². The third-order valence-electron chi connectivity index (χ3n) is 6.10. The zero-order valence-electron chi connectivity index (χ0n) is 18.3. The topological polar surface area (TPSA) is 95.8 Å². The van der Waals surface area contributed by atoms with Crippen molar-refractivity contribution in [1.29, 1.82) is 0 Å². The van der Waals surface area contributed by atoms with E-state index in [1.165, 1.54) is 0 Å². The first-order chi connectivity index (χ1) is 15.7. The van der Waals surface area contributed by atoms with Gasteiger partial charge in [0.1, 0.15) is 11.4 Å². The molecule has 3 N–H and O–H groups in total. The quantitative estimate of drug-likeness (QED) is 0.566. The molecular formula is C23H29N7O2. The van der Waals surface area contributed by atoms with Gasteiger partial charge in [-0.05, 0) is 56.1 Å². The minimum atomic E-state index is -0.216. The van der Waals surface area contributed by atoms with Crippen molar-refractivity contribution in [1.82, 2.24) is 19.9 Å². The molecule has 0 radical (unpaired) electrons. The van der Waals surface area contributed by atoms with Gasteiger partial charge in [-0.2, -0.15) is 5.10 Å². The summed E-state index contributed by atoms with van der Waals surface area (Å²) >= 11 is 0. The Labute approximate surface area is 187 Å². The molecule has 168 valence electrons. The Balaban J connectivity index is 1.32. The Morgan fingerprint density at radius 3 is 2.91 bits per heavy atom. The largest absolute Gasteiger partial charge is 0.378 e. The van der Waals surface area contributed by atoms with Crippen LogP contribution in [0.1, 0.15) is 28.8 Å². The average Bonchev–Trinajstić information content (AvgIpc) is 3.25. The lowest BCUT2D eigenvalue weighted by Gasteiger charge is -2.29. The molecule has 0 unspecified atom stereocenters. The fourth-order valence-corrected chi connectivity index (χ4v) is 4.29. The summed E-state index contributed by atoms with van der Waals surface area (Å²) in [6.45, 7) is 7.23. The van der Waals surface area contributed by atoms with Gasteiger partial charge in [0.05, 0.1) is 19.4 Å². The Morgan fingerprint density at radius 1 is 1.25 bits per heavy atom. The van der Waals surface area contributed by atoms with Crippen molar-refractivity contribution in [3.05, 3.63) is 47.8 Å². The van der Waals surface area contributed by atoms with Crippen LogP contribution in [0.3, 0.4) is 0 Å². The monoisotopic (exact) mass is 435 g/mol. The number of rotatable bonds is 5. The van der Waals surface area contributed by atoms with E-state index in [-0.39, 0.29) is 5.91 Å². The summed E-state index contributed by atoms with van der Waals surface area (Å²) < 4.78 is 7.07. The van der Waals surface area contributed by atoms with E-state index < -0.39 is 0 Å². The number of aryl methyl sites for hydroxylation is 1. The maximum atomic E-state index is 13.1. The minimum absolute atomic E-state index is 0.216. The van der Waals surface area contributed by atoms with E-state index in [0.717, 1.165) is 75.0 Å². The van der Waals surface area contributed by atoms with Crippen LogP contribution in [0.2, 0.25) is 0 Å². The van der Waals surface area contributed by atoms with E-state index in [9.17, 15) is 4.79 Å². The van der Waals surface area contributed by atoms with E-state index in [1.54, 1.807) is 10.7 Å². The maximum absolute atomic E-state index is 13.1.